The summed E-state index contributed by atoms with van der Waals surface area (Å²) in [5.41, 5.74) is 0.927. The van der Waals surface area contributed by atoms with Crippen LogP contribution in [0, 0.1) is 5.92 Å². The Morgan fingerprint density at radius 1 is 1.57 bits per heavy atom. The molecule has 0 aromatic heterocycles. The van der Waals surface area contributed by atoms with Gasteiger partial charge in [0, 0.05) is 4.90 Å². The molecule has 0 aliphatic carbocycles. The molecule has 1 N–H and O–H groups in total. The molecule has 0 bridgehead atoms. The van der Waals surface area contributed by atoms with Crippen molar-refractivity contribution in [1.82, 2.24) is 0 Å². The number of carbonyl (C=O) groups is 1. The van der Waals surface area contributed by atoms with Gasteiger partial charge in [-0.15, -0.1) is 12.6 Å². The van der Waals surface area contributed by atoms with E-state index in [2.05, 4.69) is 12.6 Å². The van der Waals surface area contributed by atoms with Crippen LogP contribution in [0.1, 0.15) is 5.56 Å². The topological polar surface area (TPSA) is 46.5 Å². The van der Waals surface area contributed by atoms with Crippen molar-refractivity contribution in [2.45, 2.75) is 11.3 Å². The largest absolute Gasteiger partial charge is 0.492 e. The summed E-state index contributed by atoms with van der Waals surface area (Å²) in [6.45, 7) is 0.258. The summed E-state index contributed by atoms with van der Waals surface area (Å²) in [5, 5.41) is 8.83. The number of carboxylic acids is 1. The summed E-state index contributed by atoms with van der Waals surface area (Å²) < 4.78 is 5.34. The highest BCUT2D eigenvalue weighted by Crippen LogP contribution is 2.29. The van der Waals surface area contributed by atoms with Gasteiger partial charge in [-0.25, -0.2) is 0 Å². The van der Waals surface area contributed by atoms with Crippen LogP contribution >= 0.6 is 12.6 Å². The lowest BCUT2D eigenvalue weighted by molar-refractivity contribution is -0.143. The van der Waals surface area contributed by atoms with Crippen LogP contribution in [0.15, 0.2) is 23.1 Å². The minimum atomic E-state index is -0.805. The minimum Gasteiger partial charge on any atom is -0.492 e. The van der Waals surface area contributed by atoms with Crippen molar-refractivity contribution >= 4 is 18.6 Å². The molecule has 1 aromatic rings. The monoisotopic (exact) mass is 210 g/mol. The van der Waals surface area contributed by atoms with Gasteiger partial charge < -0.3 is 9.84 Å². The fraction of sp³-hybridized carbons (Fsp3) is 0.300. The van der Waals surface area contributed by atoms with Gasteiger partial charge in [-0.2, -0.15) is 0 Å². The van der Waals surface area contributed by atoms with E-state index >= 15 is 0 Å². The Kier molecular flexibility index (Phi) is 2.37. The Balaban J connectivity index is 2.29. The Morgan fingerprint density at radius 3 is 3.07 bits per heavy atom. The zero-order valence-electron chi connectivity index (χ0n) is 7.43. The molecule has 0 amide bonds. The molecule has 0 spiro atoms. The molecule has 74 valence electrons. The molecule has 1 aliphatic rings. The number of hydrogen-bond acceptors (Lipinski definition) is 3. The molecule has 1 atom stereocenters. The van der Waals surface area contributed by atoms with E-state index in [9.17, 15) is 4.79 Å². The zero-order chi connectivity index (χ0) is 10.1. The van der Waals surface area contributed by atoms with E-state index in [0.717, 1.165) is 16.2 Å². The maximum Gasteiger partial charge on any atom is 0.310 e. The second-order valence-corrected chi connectivity index (χ2v) is 3.86. The molecular formula is C10H10O3S. The zero-order valence-corrected chi connectivity index (χ0v) is 8.33. The lowest BCUT2D eigenvalue weighted by Crippen LogP contribution is -2.27. The Bertz CT molecular complexity index is 376. The van der Waals surface area contributed by atoms with E-state index in [1.54, 1.807) is 0 Å². The molecule has 14 heavy (non-hydrogen) atoms. The van der Waals surface area contributed by atoms with E-state index in [1.165, 1.54) is 0 Å². The molecule has 1 heterocycles. The van der Waals surface area contributed by atoms with Gasteiger partial charge in [0.15, 0.2) is 0 Å². The first-order valence-corrected chi connectivity index (χ1v) is 4.79. The lowest BCUT2D eigenvalue weighted by atomic mass is 9.97. The van der Waals surface area contributed by atoms with E-state index in [1.807, 2.05) is 18.2 Å². The summed E-state index contributed by atoms with van der Waals surface area (Å²) in [6.07, 6.45) is 0.527. The Morgan fingerprint density at radius 2 is 2.36 bits per heavy atom. The second kappa shape index (κ2) is 3.53. The molecule has 1 unspecified atom stereocenters. The van der Waals surface area contributed by atoms with Crippen LogP contribution in [-0.2, 0) is 11.2 Å². The lowest BCUT2D eigenvalue weighted by Gasteiger charge is -2.22. The van der Waals surface area contributed by atoms with Crippen LogP contribution in [0.4, 0.5) is 0 Å². The highest BCUT2D eigenvalue weighted by atomic mass is 32.1. The first kappa shape index (κ1) is 9.40. The van der Waals surface area contributed by atoms with Gasteiger partial charge >= 0.3 is 5.97 Å². The van der Waals surface area contributed by atoms with Crippen LogP contribution in [0.5, 0.6) is 5.75 Å². The first-order valence-electron chi connectivity index (χ1n) is 4.34. The van der Waals surface area contributed by atoms with Gasteiger partial charge in [0.25, 0.3) is 0 Å². The van der Waals surface area contributed by atoms with Crippen molar-refractivity contribution in [3.8, 4) is 5.75 Å². The average molecular weight is 210 g/mol. The molecular weight excluding hydrogens is 200 g/mol. The van der Waals surface area contributed by atoms with Gasteiger partial charge in [0.2, 0.25) is 0 Å². The molecule has 0 fully saturated rings. The van der Waals surface area contributed by atoms with Crippen molar-refractivity contribution in [3.63, 3.8) is 0 Å². The van der Waals surface area contributed by atoms with Gasteiger partial charge in [-0.05, 0) is 30.2 Å². The van der Waals surface area contributed by atoms with Crippen LogP contribution in [-0.4, -0.2) is 17.7 Å². The molecule has 3 nitrogen and oxygen atoms in total. The number of benzene rings is 1. The average Bonchev–Trinajstić information content (AvgIpc) is 2.16. The van der Waals surface area contributed by atoms with Crippen LogP contribution < -0.4 is 4.74 Å². The van der Waals surface area contributed by atoms with E-state index in [0.29, 0.717) is 6.42 Å². The number of hydrogen-bond donors (Lipinski definition) is 2. The normalized spacial score (nSPS) is 19.6. The summed E-state index contributed by atoms with van der Waals surface area (Å²) in [6, 6.07) is 5.52. The Labute approximate surface area is 87.1 Å². The minimum absolute atomic E-state index is 0.258. The molecule has 4 heteroatoms. The van der Waals surface area contributed by atoms with Gasteiger partial charge in [0.05, 0.1) is 5.92 Å². The smallest absolute Gasteiger partial charge is 0.310 e. The summed E-state index contributed by atoms with van der Waals surface area (Å²) in [7, 11) is 0. The summed E-state index contributed by atoms with van der Waals surface area (Å²) in [5.74, 6) is -0.460. The van der Waals surface area contributed by atoms with Crippen molar-refractivity contribution in [2.24, 2.45) is 5.92 Å². The third-order valence-electron chi connectivity index (χ3n) is 2.30. The van der Waals surface area contributed by atoms with Gasteiger partial charge in [-0.3, -0.25) is 4.79 Å². The fourth-order valence-electron chi connectivity index (χ4n) is 1.54. The predicted molar refractivity (Wildman–Crippen MR) is 54.0 cm³/mol. The molecule has 1 aliphatic heterocycles. The van der Waals surface area contributed by atoms with Gasteiger partial charge in [0.1, 0.15) is 12.4 Å². The molecule has 1 aromatic carbocycles. The maximum absolute atomic E-state index is 10.7. The molecule has 0 radical (unpaired) electrons. The van der Waals surface area contributed by atoms with E-state index in [-0.39, 0.29) is 6.61 Å². The third-order valence-corrected chi connectivity index (χ3v) is 2.58. The van der Waals surface area contributed by atoms with E-state index in [4.69, 9.17) is 9.84 Å². The maximum atomic E-state index is 10.7. The van der Waals surface area contributed by atoms with Crippen molar-refractivity contribution < 1.29 is 14.6 Å². The number of thiol groups is 1. The summed E-state index contributed by atoms with van der Waals surface area (Å²) in [4.78, 5) is 11.6. The Hall–Kier alpha value is -1.16. The number of carboxylic acid groups (broad SMARTS) is 1. The van der Waals surface area contributed by atoms with Crippen LogP contribution in [0.2, 0.25) is 0 Å². The second-order valence-electron chi connectivity index (χ2n) is 3.34. The SMILES string of the molecule is O=C(O)C1COc2ccc(S)cc2C1. The third kappa shape index (κ3) is 1.70. The highest BCUT2D eigenvalue weighted by molar-refractivity contribution is 7.80. The van der Waals surface area contributed by atoms with Crippen LogP contribution in [0.3, 0.4) is 0 Å². The van der Waals surface area contributed by atoms with Crippen molar-refractivity contribution in [2.75, 3.05) is 6.61 Å². The number of ether oxygens (including phenoxy) is 1. The number of aliphatic carboxylic acids is 1. The van der Waals surface area contributed by atoms with Gasteiger partial charge in [-0.1, -0.05) is 0 Å². The standard InChI is InChI=1S/C10H10O3S/c11-10(12)7-3-6-4-8(14)1-2-9(6)13-5-7/h1-2,4,7,14H,3,5H2,(H,11,12). The molecule has 0 saturated carbocycles. The van der Waals surface area contributed by atoms with Crippen molar-refractivity contribution in [1.29, 1.82) is 0 Å². The number of rotatable bonds is 1. The fourth-order valence-corrected chi connectivity index (χ4v) is 1.77. The molecule has 2 rings (SSSR count). The highest BCUT2D eigenvalue weighted by Gasteiger charge is 2.25. The van der Waals surface area contributed by atoms with Crippen molar-refractivity contribution in [3.05, 3.63) is 23.8 Å². The number of fused-ring (bicyclic) bond motifs is 1. The quantitative estimate of drug-likeness (QED) is 0.692. The molecule has 0 saturated heterocycles. The first-order chi connectivity index (χ1) is 6.66. The summed E-state index contributed by atoms with van der Waals surface area (Å²) >= 11 is 4.20. The van der Waals surface area contributed by atoms with E-state index < -0.39 is 11.9 Å². The van der Waals surface area contributed by atoms with Crippen LogP contribution in [0.25, 0.3) is 0 Å². The predicted octanol–water partition coefficient (Wildman–Crippen LogP) is 1.61.